The number of amides is 1. The van der Waals surface area contributed by atoms with Crippen molar-refractivity contribution < 1.29 is 50.4 Å². The number of rotatable bonds is 21. The van der Waals surface area contributed by atoms with Gasteiger partial charge >= 0.3 is 6.18 Å². The number of nitrogens with one attached hydrogen (secondary N) is 2. The number of hydrogen-bond acceptors (Lipinski definition) is 14. The van der Waals surface area contributed by atoms with Crippen LogP contribution in [0.25, 0.3) is 11.2 Å². The summed E-state index contributed by atoms with van der Waals surface area (Å²) in [6.07, 6.45) is -10.8. The number of halogens is 3. The van der Waals surface area contributed by atoms with Crippen LogP contribution in [0.15, 0.2) is 83.7 Å². The highest BCUT2D eigenvalue weighted by Gasteiger charge is 2.56. The second-order valence-electron chi connectivity index (χ2n) is 19.4. The lowest BCUT2D eigenvalue weighted by Crippen LogP contribution is -2.50. The molecule has 5 aromatic rings. The first kappa shape index (κ1) is 55.9. The Morgan fingerprint density at radius 3 is 1.96 bits per heavy atom. The van der Waals surface area contributed by atoms with Crippen molar-refractivity contribution in [2.24, 2.45) is 0 Å². The van der Waals surface area contributed by atoms with Gasteiger partial charge in [0.25, 0.3) is 14.1 Å². The lowest BCUT2D eigenvalue weighted by atomic mass is 9.80. The van der Waals surface area contributed by atoms with E-state index in [0.29, 0.717) is 28.2 Å². The topological polar surface area (TPSA) is 188 Å². The van der Waals surface area contributed by atoms with Crippen LogP contribution in [0.2, 0.25) is 18.1 Å². The largest absolute Gasteiger partial charge is 0.497 e. The molecule has 72 heavy (non-hydrogen) atoms. The molecule has 390 valence electrons. The van der Waals surface area contributed by atoms with E-state index in [1.165, 1.54) is 14.0 Å². The highest BCUT2D eigenvalue weighted by Crippen LogP contribution is 2.53. The second-order valence-corrected chi connectivity index (χ2v) is 25.6. The number of hydrazine groups is 1. The first-order valence-corrected chi connectivity index (χ1v) is 27.6. The van der Waals surface area contributed by atoms with Gasteiger partial charge < -0.3 is 32.4 Å². The third-order valence-corrected chi connectivity index (χ3v) is 19.4. The van der Waals surface area contributed by atoms with Gasteiger partial charge in [-0.2, -0.15) is 23.4 Å². The molecule has 1 saturated heterocycles. The molecule has 1 aliphatic heterocycles. The fourth-order valence-electron chi connectivity index (χ4n) is 8.22. The Balaban J connectivity index is 1.66. The van der Waals surface area contributed by atoms with E-state index in [2.05, 4.69) is 26.4 Å². The van der Waals surface area contributed by atoms with Crippen LogP contribution in [-0.4, -0.2) is 108 Å². The summed E-state index contributed by atoms with van der Waals surface area (Å²) in [5.41, 5.74) is 1.11. The summed E-state index contributed by atoms with van der Waals surface area (Å²) in [6, 6.07) is 26.0. The fraction of sp³-hybridized carbons (Fsp3) is 0.500. The Morgan fingerprint density at radius 2 is 1.47 bits per heavy atom. The number of aromatic amines is 1. The molecule has 0 bridgehead atoms. The molecule has 0 aliphatic carbocycles. The van der Waals surface area contributed by atoms with Crippen LogP contribution in [0.1, 0.15) is 90.6 Å². The third-order valence-electron chi connectivity index (χ3n) is 12.8. The van der Waals surface area contributed by atoms with Crippen molar-refractivity contribution in [1.29, 1.82) is 5.26 Å². The Labute approximate surface area is 420 Å². The monoisotopic (exact) mass is 1040 g/mol. The van der Waals surface area contributed by atoms with E-state index in [1.54, 1.807) is 14.2 Å². The molecule has 0 spiro atoms. The van der Waals surface area contributed by atoms with Crippen LogP contribution >= 0.6 is 8.53 Å². The average Bonchev–Trinajstić information content (AvgIpc) is 3.87. The zero-order valence-corrected chi connectivity index (χ0v) is 44.9. The summed E-state index contributed by atoms with van der Waals surface area (Å²) in [4.78, 5) is 36.8. The van der Waals surface area contributed by atoms with Gasteiger partial charge in [-0.15, -0.1) is 0 Å². The van der Waals surface area contributed by atoms with Gasteiger partial charge in [0.2, 0.25) is 17.7 Å². The maximum atomic E-state index is 15.7. The maximum absolute atomic E-state index is 15.7. The van der Waals surface area contributed by atoms with E-state index < -0.39 is 86.7 Å². The van der Waals surface area contributed by atoms with Crippen molar-refractivity contribution in [2.75, 3.05) is 39.9 Å². The summed E-state index contributed by atoms with van der Waals surface area (Å²) < 4.78 is 96.3. The molecular weight excluding hydrogens is 973 g/mol. The molecule has 1 amide bonds. The number of H-pyrrole nitrogens is 1. The SMILES string of the molecule is COc1ccc(C(OC[C@H]2O[C@@H](n3c(C(F)(F)F)nc4c(=O)[nH]c(NN(C)C(C)=O)nc43)[C@H](O[Si](C)(C)C(C)(C)C)[C@@H]2OP(OCCC#N)N(C(C)C)C(C)C)(c2ccccc2)c2ccc(OC)cc2)cc1. The van der Waals surface area contributed by atoms with Gasteiger partial charge in [0.1, 0.15) is 35.4 Å². The van der Waals surface area contributed by atoms with Crippen molar-refractivity contribution in [3.8, 4) is 17.6 Å². The quantitative estimate of drug-likeness (QED) is 0.0232. The zero-order chi connectivity index (χ0) is 52.9. The number of nitrogens with zero attached hydrogens (tertiary/aromatic N) is 6. The second kappa shape index (κ2) is 22.8. The number of imidazole rings is 1. The maximum Gasteiger partial charge on any atom is 0.449 e. The van der Waals surface area contributed by atoms with Crippen LogP contribution in [0, 0.1) is 11.3 Å². The third kappa shape index (κ3) is 12.0. The molecule has 0 radical (unpaired) electrons. The van der Waals surface area contributed by atoms with E-state index in [0.717, 1.165) is 9.58 Å². The fourth-order valence-corrected chi connectivity index (χ4v) is 11.3. The predicted octanol–water partition coefficient (Wildman–Crippen LogP) is 9.92. The molecule has 3 aromatic carbocycles. The predicted molar refractivity (Wildman–Crippen MR) is 270 cm³/mol. The van der Waals surface area contributed by atoms with E-state index in [-0.39, 0.29) is 37.7 Å². The van der Waals surface area contributed by atoms with Crippen molar-refractivity contribution in [3.63, 3.8) is 0 Å². The molecule has 2 aromatic heterocycles. The molecule has 3 heterocycles. The zero-order valence-electron chi connectivity index (χ0n) is 43.0. The summed E-state index contributed by atoms with van der Waals surface area (Å²) in [5.74, 6) is -1.12. The number of methoxy groups -OCH3 is 2. The standard InChI is InChI=1S/C50H66F3N8O9PSi/c1-31(2)61(32(3)4)71(67-29-17-28-54)69-41-39(30-66-49(34-18-15-14-16-19-34,35-20-24-37(64-10)25-21-35)36-22-26-38(65-11)27-23-36)68-45(42(41)70-72(12,13)48(6,7)8)60-43-40(55-46(60)50(51,52)53)44(63)57-47(56-43)58-59(9)33(5)62/h14-16,18-27,31-32,39,41-42,45H,17,29-30H2,1-13H3,(H2,56,57,58,63)/t39-,41-,42-,45-,71?/m1/s1. The Morgan fingerprint density at radius 1 is 0.917 bits per heavy atom. The Kier molecular flexibility index (Phi) is 17.7. The molecule has 2 N–H and O–H groups in total. The van der Waals surface area contributed by atoms with Crippen molar-refractivity contribution >= 4 is 39.9 Å². The normalized spacial score (nSPS) is 18.2. The number of carbonyl (C=O) groups is 1. The van der Waals surface area contributed by atoms with Gasteiger partial charge in [0, 0.05) is 26.1 Å². The van der Waals surface area contributed by atoms with E-state index >= 15 is 13.2 Å². The molecule has 5 atom stereocenters. The number of alkyl halides is 3. The summed E-state index contributed by atoms with van der Waals surface area (Å²) >= 11 is 0. The van der Waals surface area contributed by atoms with Crippen molar-refractivity contribution in [1.82, 2.24) is 29.2 Å². The number of fused-ring (bicyclic) bond motifs is 1. The average molecular weight is 1040 g/mol. The number of ether oxygens (including phenoxy) is 4. The van der Waals surface area contributed by atoms with Crippen LogP contribution < -0.4 is 20.5 Å². The van der Waals surface area contributed by atoms with Crippen molar-refractivity contribution in [3.05, 3.63) is 112 Å². The van der Waals surface area contributed by atoms with Gasteiger partial charge in [0.05, 0.1) is 39.9 Å². The van der Waals surface area contributed by atoms with Gasteiger partial charge in [0.15, 0.2) is 25.7 Å². The van der Waals surface area contributed by atoms with Gasteiger partial charge in [-0.05, 0) is 86.8 Å². The molecule has 6 rings (SSSR count). The van der Waals surface area contributed by atoms with Gasteiger partial charge in [-0.3, -0.25) is 29.6 Å². The minimum absolute atomic E-state index is 0.0162. The van der Waals surface area contributed by atoms with E-state index in [9.17, 15) is 14.9 Å². The molecule has 22 heteroatoms. The highest BCUT2D eigenvalue weighted by atomic mass is 31.2. The van der Waals surface area contributed by atoms with Gasteiger partial charge in [-0.25, -0.2) is 9.65 Å². The van der Waals surface area contributed by atoms with Crippen molar-refractivity contribution in [2.45, 2.75) is 128 Å². The number of hydrogen-bond donors (Lipinski definition) is 2. The number of benzene rings is 3. The summed E-state index contributed by atoms with van der Waals surface area (Å²) in [6.45, 7) is 18.7. The van der Waals surface area contributed by atoms with Gasteiger partial charge in [-0.1, -0.05) is 75.4 Å². The first-order chi connectivity index (χ1) is 33.9. The Bertz CT molecular complexity index is 2660. The molecule has 1 fully saturated rings. The van der Waals surface area contributed by atoms with Crippen LogP contribution in [0.5, 0.6) is 11.5 Å². The summed E-state index contributed by atoms with van der Waals surface area (Å²) in [7, 11) is -0.661. The van der Waals surface area contributed by atoms with Crippen LogP contribution in [0.3, 0.4) is 0 Å². The Hall–Kier alpha value is -5.43. The first-order valence-electron chi connectivity index (χ1n) is 23.6. The highest BCUT2D eigenvalue weighted by molar-refractivity contribution is 7.44. The number of aromatic nitrogens is 4. The van der Waals surface area contributed by atoms with Crippen LogP contribution in [-0.2, 0) is 39.5 Å². The van der Waals surface area contributed by atoms with E-state index in [4.69, 9.17) is 32.4 Å². The minimum Gasteiger partial charge on any atom is -0.497 e. The lowest BCUT2D eigenvalue weighted by Gasteiger charge is -2.42. The lowest BCUT2D eigenvalue weighted by molar-refractivity contribution is -0.155. The number of carbonyl (C=O) groups excluding carboxylic acids is 1. The smallest absolute Gasteiger partial charge is 0.449 e. The molecule has 0 saturated carbocycles. The molecular formula is C50H66F3N8O9PSi. The van der Waals surface area contributed by atoms with Crippen LogP contribution in [0.4, 0.5) is 19.1 Å². The number of nitriles is 1. The number of anilines is 1. The molecule has 1 unspecified atom stereocenters. The molecule has 17 nitrogen and oxygen atoms in total. The molecule has 1 aliphatic rings. The van der Waals surface area contributed by atoms with E-state index in [1.807, 2.05) is 145 Å². The summed E-state index contributed by atoms with van der Waals surface area (Å²) in [5, 5.41) is 10.1. The minimum atomic E-state index is -5.17.